The fourth-order valence-electron chi connectivity index (χ4n) is 2.83. The van der Waals surface area contributed by atoms with Crippen LogP contribution in [0.4, 0.5) is 19.0 Å². The molecule has 1 aliphatic carbocycles. The van der Waals surface area contributed by atoms with Gasteiger partial charge in [0.15, 0.2) is 0 Å². The van der Waals surface area contributed by atoms with Crippen LogP contribution in [0.5, 0.6) is 0 Å². The summed E-state index contributed by atoms with van der Waals surface area (Å²) in [5.41, 5.74) is 0.791. The van der Waals surface area contributed by atoms with Gasteiger partial charge >= 0.3 is 6.18 Å². The lowest BCUT2D eigenvalue weighted by Crippen LogP contribution is -2.34. The third kappa shape index (κ3) is 4.18. The summed E-state index contributed by atoms with van der Waals surface area (Å²) < 4.78 is 38.4. The van der Waals surface area contributed by atoms with Gasteiger partial charge in [0.2, 0.25) is 5.91 Å². The molecule has 1 heterocycles. The Morgan fingerprint density at radius 3 is 2.73 bits per heavy atom. The normalized spacial score (nSPS) is 22.4. The van der Waals surface area contributed by atoms with E-state index in [0.717, 1.165) is 5.69 Å². The first-order valence-electron chi connectivity index (χ1n) is 7.51. The first kappa shape index (κ1) is 16.7. The Morgan fingerprint density at radius 2 is 2.09 bits per heavy atom. The largest absolute Gasteiger partial charge is 0.391 e. The lowest BCUT2D eigenvalue weighted by atomic mass is 9.80. The highest BCUT2D eigenvalue weighted by molar-refractivity contribution is 5.91. The number of carbonyl (C=O) groups is 1. The maximum absolute atomic E-state index is 12.8. The highest BCUT2D eigenvalue weighted by Gasteiger charge is 2.43. The van der Waals surface area contributed by atoms with Gasteiger partial charge in [-0.15, -0.1) is 0 Å². The van der Waals surface area contributed by atoms with Crippen LogP contribution < -0.4 is 5.32 Å². The van der Waals surface area contributed by atoms with Crippen molar-refractivity contribution in [1.29, 1.82) is 0 Å². The maximum Gasteiger partial charge on any atom is 0.391 e. The van der Waals surface area contributed by atoms with Crippen LogP contribution in [0.3, 0.4) is 0 Å². The predicted molar refractivity (Wildman–Crippen MR) is 76.3 cm³/mol. The van der Waals surface area contributed by atoms with Crippen LogP contribution in [-0.4, -0.2) is 22.1 Å². The summed E-state index contributed by atoms with van der Waals surface area (Å²) in [5.74, 6) is -1.47. The molecule has 0 saturated heterocycles. The van der Waals surface area contributed by atoms with Gasteiger partial charge in [-0.05, 0) is 32.6 Å². The molecule has 0 aliphatic heterocycles. The molecule has 7 heteroatoms. The van der Waals surface area contributed by atoms with E-state index in [4.69, 9.17) is 0 Å². The highest BCUT2D eigenvalue weighted by atomic mass is 19.4. The van der Waals surface area contributed by atoms with E-state index >= 15 is 0 Å². The van der Waals surface area contributed by atoms with Crippen molar-refractivity contribution in [2.24, 2.45) is 11.8 Å². The quantitative estimate of drug-likeness (QED) is 0.926. The van der Waals surface area contributed by atoms with Crippen molar-refractivity contribution in [2.75, 3.05) is 5.32 Å². The van der Waals surface area contributed by atoms with Crippen LogP contribution in [-0.2, 0) is 11.2 Å². The van der Waals surface area contributed by atoms with E-state index < -0.39 is 18.0 Å². The summed E-state index contributed by atoms with van der Waals surface area (Å²) in [6, 6.07) is 1.66. The first-order chi connectivity index (χ1) is 10.3. The number of carbonyl (C=O) groups excluding carboxylic acids is 1. The number of nitrogens with zero attached hydrogens (tertiary/aromatic N) is 2. The van der Waals surface area contributed by atoms with Gasteiger partial charge in [0, 0.05) is 17.7 Å². The molecule has 4 nitrogen and oxygen atoms in total. The van der Waals surface area contributed by atoms with E-state index in [1.165, 1.54) is 0 Å². The van der Waals surface area contributed by atoms with Gasteiger partial charge in [-0.3, -0.25) is 4.79 Å². The SMILES string of the molecule is CCc1cc(NC(=O)[C@@H]2CCC[C@H](C(F)(F)F)C2)nc(C)n1. The van der Waals surface area contributed by atoms with Crippen molar-refractivity contribution in [3.63, 3.8) is 0 Å². The second kappa shape index (κ2) is 6.62. The molecule has 0 spiro atoms. The number of nitrogens with one attached hydrogen (secondary N) is 1. The number of amides is 1. The third-order valence-electron chi connectivity index (χ3n) is 4.01. The molecule has 2 rings (SSSR count). The minimum Gasteiger partial charge on any atom is -0.310 e. The van der Waals surface area contributed by atoms with Gasteiger partial charge in [-0.2, -0.15) is 13.2 Å². The van der Waals surface area contributed by atoms with E-state index in [-0.39, 0.29) is 18.7 Å². The van der Waals surface area contributed by atoms with Gasteiger partial charge in [-0.25, -0.2) is 9.97 Å². The van der Waals surface area contributed by atoms with Gasteiger partial charge in [0.25, 0.3) is 0 Å². The Morgan fingerprint density at radius 1 is 1.36 bits per heavy atom. The average Bonchev–Trinajstić information content (AvgIpc) is 2.45. The second-order valence-corrected chi connectivity index (χ2v) is 5.74. The number of hydrogen-bond acceptors (Lipinski definition) is 3. The van der Waals surface area contributed by atoms with E-state index in [2.05, 4.69) is 15.3 Å². The Balaban J connectivity index is 2.04. The lowest BCUT2D eigenvalue weighted by Gasteiger charge is -2.29. The molecule has 0 radical (unpaired) electrons. The number of rotatable bonds is 3. The lowest BCUT2D eigenvalue weighted by molar-refractivity contribution is -0.185. The topological polar surface area (TPSA) is 54.9 Å². The minimum atomic E-state index is -4.22. The molecular formula is C15H20F3N3O. The molecule has 1 aliphatic rings. The summed E-state index contributed by atoms with van der Waals surface area (Å²) in [6.45, 7) is 3.65. The van der Waals surface area contributed by atoms with Crippen molar-refractivity contribution in [3.8, 4) is 0 Å². The summed E-state index contributed by atoms with van der Waals surface area (Å²) in [5, 5.41) is 2.64. The smallest absolute Gasteiger partial charge is 0.310 e. The van der Waals surface area contributed by atoms with Crippen LogP contribution in [0.1, 0.15) is 44.1 Å². The van der Waals surface area contributed by atoms with Crippen LogP contribution >= 0.6 is 0 Å². The predicted octanol–water partition coefficient (Wildman–Crippen LogP) is 3.65. The van der Waals surface area contributed by atoms with Crippen LogP contribution in [0.25, 0.3) is 0 Å². The Labute approximate surface area is 127 Å². The molecule has 1 aromatic heterocycles. The van der Waals surface area contributed by atoms with Gasteiger partial charge in [-0.1, -0.05) is 13.3 Å². The van der Waals surface area contributed by atoms with E-state index in [0.29, 0.717) is 30.9 Å². The molecule has 1 fully saturated rings. The summed E-state index contributed by atoms with van der Waals surface area (Å²) in [4.78, 5) is 20.5. The van der Waals surface area contributed by atoms with E-state index in [9.17, 15) is 18.0 Å². The van der Waals surface area contributed by atoms with Gasteiger partial charge in [0.1, 0.15) is 11.6 Å². The molecule has 1 amide bonds. The standard InChI is InChI=1S/C15H20F3N3O/c1-3-12-8-13(20-9(2)19-12)21-14(22)10-5-4-6-11(7-10)15(16,17)18/h8,10-11H,3-7H2,1-2H3,(H,19,20,21,22)/t10-,11+/m1/s1. The molecule has 0 bridgehead atoms. The fraction of sp³-hybridized carbons (Fsp3) is 0.667. The minimum absolute atomic E-state index is 0.111. The zero-order valence-electron chi connectivity index (χ0n) is 12.7. The number of aromatic nitrogens is 2. The van der Waals surface area contributed by atoms with E-state index in [1.54, 1.807) is 13.0 Å². The van der Waals surface area contributed by atoms with Crippen molar-refractivity contribution >= 4 is 11.7 Å². The van der Waals surface area contributed by atoms with Crippen LogP contribution in [0, 0.1) is 18.8 Å². The summed E-state index contributed by atoms with van der Waals surface area (Å²) in [6.07, 6.45) is -2.64. The monoisotopic (exact) mass is 315 g/mol. The Bertz CT molecular complexity index is 545. The maximum atomic E-state index is 12.8. The summed E-state index contributed by atoms with van der Waals surface area (Å²) in [7, 11) is 0. The van der Waals surface area contributed by atoms with Gasteiger partial charge in [0.05, 0.1) is 5.92 Å². The number of aryl methyl sites for hydroxylation is 2. The molecule has 122 valence electrons. The molecule has 1 N–H and O–H groups in total. The molecule has 1 aromatic rings. The molecule has 0 unspecified atom stereocenters. The van der Waals surface area contributed by atoms with Crippen LogP contribution in [0.2, 0.25) is 0 Å². The van der Waals surface area contributed by atoms with Crippen molar-refractivity contribution in [2.45, 2.75) is 52.1 Å². The zero-order chi connectivity index (χ0) is 16.3. The molecule has 22 heavy (non-hydrogen) atoms. The molecule has 2 atom stereocenters. The molecular weight excluding hydrogens is 295 g/mol. The Kier molecular flexibility index (Phi) is 5.03. The number of anilines is 1. The van der Waals surface area contributed by atoms with Crippen molar-refractivity contribution in [1.82, 2.24) is 9.97 Å². The molecule has 1 saturated carbocycles. The van der Waals surface area contributed by atoms with Crippen LogP contribution in [0.15, 0.2) is 6.07 Å². The third-order valence-corrected chi connectivity index (χ3v) is 4.01. The Hall–Kier alpha value is -1.66. The molecule has 0 aromatic carbocycles. The van der Waals surface area contributed by atoms with Crippen molar-refractivity contribution < 1.29 is 18.0 Å². The second-order valence-electron chi connectivity index (χ2n) is 5.74. The number of halogens is 3. The first-order valence-corrected chi connectivity index (χ1v) is 7.51. The average molecular weight is 315 g/mol. The van der Waals surface area contributed by atoms with Crippen molar-refractivity contribution in [3.05, 3.63) is 17.6 Å². The number of hydrogen-bond donors (Lipinski definition) is 1. The fourth-order valence-corrected chi connectivity index (χ4v) is 2.83. The number of alkyl halides is 3. The van der Waals surface area contributed by atoms with E-state index in [1.807, 2.05) is 6.92 Å². The highest BCUT2D eigenvalue weighted by Crippen LogP contribution is 2.40. The zero-order valence-corrected chi connectivity index (χ0v) is 12.7. The van der Waals surface area contributed by atoms with Gasteiger partial charge < -0.3 is 5.32 Å². The summed E-state index contributed by atoms with van der Waals surface area (Å²) >= 11 is 0.